The Morgan fingerprint density at radius 2 is 2.40 bits per heavy atom. The Hall–Kier alpha value is -1.29. The zero-order valence-electron chi connectivity index (χ0n) is 9.23. The number of hydrogen-bond donors (Lipinski definition) is 1. The van der Waals surface area contributed by atoms with Gasteiger partial charge in [-0.2, -0.15) is 0 Å². The van der Waals surface area contributed by atoms with Gasteiger partial charge in [-0.1, -0.05) is 0 Å². The van der Waals surface area contributed by atoms with E-state index in [1.807, 2.05) is 13.0 Å². The second-order valence-electron chi connectivity index (χ2n) is 4.03. The summed E-state index contributed by atoms with van der Waals surface area (Å²) in [5.74, 6) is 0.997. The highest BCUT2D eigenvalue weighted by atomic mass is 16.5. The molecule has 0 aromatic carbocycles. The zero-order chi connectivity index (χ0) is 10.8. The van der Waals surface area contributed by atoms with Crippen molar-refractivity contribution in [2.45, 2.75) is 20.0 Å². The predicted molar refractivity (Wildman–Crippen MR) is 61.0 cm³/mol. The summed E-state index contributed by atoms with van der Waals surface area (Å²) in [6.45, 7) is 6.66. The van der Waals surface area contributed by atoms with Crippen molar-refractivity contribution in [3.05, 3.63) is 17.8 Å². The van der Waals surface area contributed by atoms with Gasteiger partial charge in [-0.05, 0) is 25.5 Å². The van der Waals surface area contributed by atoms with Crippen LogP contribution in [0.5, 0.6) is 0 Å². The summed E-state index contributed by atoms with van der Waals surface area (Å²) in [5.41, 5.74) is 7.57. The number of morpholine rings is 1. The summed E-state index contributed by atoms with van der Waals surface area (Å²) in [6, 6.07) is 2.04. The number of pyridine rings is 1. The minimum Gasteiger partial charge on any atom is -0.397 e. The first kappa shape index (κ1) is 10.2. The molecule has 2 N–H and O–H groups in total. The molecule has 1 unspecified atom stereocenters. The Morgan fingerprint density at radius 1 is 1.60 bits per heavy atom. The molecule has 1 fully saturated rings. The lowest BCUT2D eigenvalue weighted by Crippen LogP contribution is -2.41. The van der Waals surface area contributed by atoms with Crippen LogP contribution in [0, 0.1) is 6.92 Å². The number of anilines is 2. The molecule has 0 radical (unpaired) electrons. The van der Waals surface area contributed by atoms with Crippen molar-refractivity contribution >= 4 is 11.5 Å². The van der Waals surface area contributed by atoms with E-state index in [1.165, 1.54) is 0 Å². The maximum Gasteiger partial charge on any atom is 0.129 e. The van der Waals surface area contributed by atoms with Gasteiger partial charge < -0.3 is 15.4 Å². The summed E-state index contributed by atoms with van der Waals surface area (Å²) in [4.78, 5) is 6.58. The maximum absolute atomic E-state index is 5.74. The van der Waals surface area contributed by atoms with Crippen molar-refractivity contribution in [1.82, 2.24) is 4.98 Å². The molecule has 0 spiro atoms. The van der Waals surface area contributed by atoms with Gasteiger partial charge in [-0.25, -0.2) is 4.98 Å². The standard InChI is InChI=1S/C11H17N3O/c1-8-5-11(13-6-10(8)12)14-3-4-15-9(2)7-14/h5-6,9H,3-4,7,12H2,1-2H3. The smallest absolute Gasteiger partial charge is 0.129 e. The van der Waals surface area contributed by atoms with Gasteiger partial charge in [0.15, 0.2) is 0 Å². The van der Waals surface area contributed by atoms with Crippen LogP contribution in [0.25, 0.3) is 0 Å². The van der Waals surface area contributed by atoms with Gasteiger partial charge in [0, 0.05) is 13.1 Å². The maximum atomic E-state index is 5.74. The summed E-state index contributed by atoms with van der Waals surface area (Å²) < 4.78 is 5.49. The van der Waals surface area contributed by atoms with E-state index in [4.69, 9.17) is 10.5 Å². The molecule has 1 saturated heterocycles. The molecule has 1 aliphatic heterocycles. The summed E-state index contributed by atoms with van der Waals surface area (Å²) >= 11 is 0. The lowest BCUT2D eigenvalue weighted by Gasteiger charge is -2.32. The van der Waals surface area contributed by atoms with E-state index < -0.39 is 0 Å². The van der Waals surface area contributed by atoms with Gasteiger partial charge in [-0.3, -0.25) is 0 Å². The minimum atomic E-state index is 0.276. The molecule has 1 atom stereocenters. The molecular weight excluding hydrogens is 190 g/mol. The molecule has 0 aliphatic carbocycles. The summed E-state index contributed by atoms with van der Waals surface area (Å²) in [6.07, 6.45) is 2.00. The first-order valence-corrected chi connectivity index (χ1v) is 5.25. The first-order chi connectivity index (χ1) is 7.16. The fraction of sp³-hybridized carbons (Fsp3) is 0.545. The van der Waals surface area contributed by atoms with E-state index >= 15 is 0 Å². The monoisotopic (exact) mass is 207 g/mol. The molecule has 0 bridgehead atoms. The molecule has 4 heteroatoms. The quantitative estimate of drug-likeness (QED) is 0.751. The largest absolute Gasteiger partial charge is 0.397 e. The molecule has 4 nitrogen and oxygen atoms in total. The average molecular weight is 207 g/mol. The van der Waals surface area contributed by atoms with Crippen LogP contribution in [0.15, 0.2) is 12.3 Å². The van der Waals surface area contributed by atoms with Gasteiger partial charge in [-0.15, -0.1) is 0 Å². The normalized spacial score (nSPS) is 21.7. The van der Waals surface area contributed by atoms with Gasteiger partial charge in [0.05, 0.1) is 24.6 Å². The van der Waals surface area contributed by atoms with Crippen molar-refractivity contribution in [3.8, 4) is 0 Å². The van der Waals surface area contributed by atoms with Crippen LogP contribution in [0.4, 0.5) is 11.5 Å². The Balaban J connectivity index is 2.18. The lowest BCUT2D eigenvalue weighted by atomic mass is 10.2. The molecule has 82 valence electrons. The molecule has 2 rings (SSSR count). The van der Waals surface area contributed by atoms with Gasteiger partial charge in [0.25, 0.3) is 0 Å². The first-order valence-electron chi connectivity index (χ1n) is 5.25. The van der Waals surface area contributed by atoms with Crippen LogP contribution in [0.3, 0.4) is 0 Å². The number of rotatable bonds is 1. The van der Waals surface area contributed by atoms with E-state index in [0.29, 0.717) is 0 Å². The third-order valence-corrected chi connectivity index (χ3v) is 2.70. The van der Waals surface area contributed by atoms with E-state index in [2.05, 4.69) is 16.8 Å². The second kappa shape index (κ2) is 4.06. The van der Waals surface area contributed by atoms with Gasteiger partial charge >= 0.3 is 0 Å². The van der Waals surface area contributed by atoms with Crippen LogP contribution in [-0.4, -0.2) is 30.8 Å². The molecule has 1 aromatic rings. The molecule has 0 amide bonds. The SMILES string of the molecule is Cc1cc(N2CCOC(C)C2)ncc1N. The fourth-order valence-electron chi connectivity index (χ4n) is 1.75. The molecule has 15 heavy (non-hydrogen) atoms. The highest BCUT2D eigenvalue weighted by molar-refractivity contribution is 5.52. The van der Waals surface area contributed by atoms with Crippen molar-refractivity contribution in [3.63, 3.8) is 0 Å². The second-order valence-corrected chi connectivity index (χ2v) is 4.03. The third kappa shape index (κ3) is 2.21. The Kier molecular flexibility index (Phi) is 2.77. The van der Waals surface area contributed by atoms with Crippen molar-refractivity contribution in [2.24, 2.45) is 0 Å². The average Bonchev–Trinajstić information content (AvgIpc) is 2.22. The van der Waals surface area contributed by atoms with Gasteiger partial charge in [0.2, 0.25) is 0 Å². The number of nitrogens with two attached hydrogens (primary N) is 1. The third-order valence-electron chi connectivity index (χ3n) is 2.70. The summed E-state index contributed by atoms with van der Waals surface area (Å²) in [5, 5.41) is 0. The Bertz CT molecular complexity index is 354. The van der Waals surface area contributed by atoms with Crippen molar-refractivity contribution in [2.75, 3.05) is 30.3 Å². The number of nitrogens with zero attached hydrogens (tertiary/aromatic N) is 2. The predicted octanol–water partition coefficient (Wildman–Crippen LogP) is 1.20. The number of hydrogen-bond acceptors (Lipinski definition) is 4. The van der Waals surface area contributed by atoms with E-state index in [1.54, 1.807) is 6.20 Å². The molecule has 1 aliphatic rings. The van der Waals surface area contributed by atoms with E-state index in [9.17, 15) is 0 Å². The molecule has 1 aromatic heterocycles. The molecule has 0 saturated carbocycles. The van der Waals surface area contributed by atoms with Crippen LogP contribution >= 0.6 is 0 Å². The van der Waals surface area contributed by atoms with Crippen LogP contribution < -0.4 is 10.6 Å². The highest BCUT2D eigenvalue weighted by Crippen LogP contribution is 2.19. The lowest BCUT2D eigenvalue weighted by molar-refractivity contribution is 0.0529. The molecular formula is C11H17N3O. The number of aromatic nitrogens is 1. The topological polar surface area (TPSA) is 51.4 Å². The van der Waals surface area contributed by atoms with E-state index in [0.717, 1.165) is 36.8 Å². The number of ether oxygens (including phenoxy) is 1. The zero-order valence-corrected chi connectivity index (χ0v) is 9.23. The summed E-state index contributed by atoms with van der Waals surface area (Å²) in [7, 11) is 0. The van der Waals surface area contributed by atoms with E-state index in [-0.39, 0.29) is 6.10 Å². The van der Waals surface area contributed by atoms with Crippen LogP contribution in [0.1, 0.15) is 12.5 Å². The molecule has 2 heterocycles. The van der Waals surface area contributed by atoms with Crippen molar-refractivity contribution in [1.29, 1.82) is 0 Å². The minimum absolute atomic E-state index is 0.276. The highest BCUT2D eigenvalue weighted by Gasteiger charge is 2.17. The van der Waals surface area contributed by atoms with Crippen LogP contribution in [-0.2, 0) is 4.74 Å². The van der Waals surface area contributed by atoms with Gasteiger partial charge in [0.1, 0.15) is 5.82 Å². The van der Waals surface area contributed by atoms with Crippen LogP contribution in [0.2, 0.25) is 0 Å². The Labute approximate surface area is 90.0 Å². The number of nitrogen functional groups attached to an aromatic ring is 1. The number of aryl methyl sites for hydroxylation is 1. The Morgan fingerprint density at radius 3 is 3.07 bits per heavy atom. The van der Waals surface area contributed by atoms with Crippen molar-refractivity contribution < 1.29 is 4.74 Å². The fourth-order valence-corrected chi connectivity index (χ4v) is 1.75.